The molecule has 6 heterocycles. The number of aromatic nitrogens is 7. The van der Waals surface area contributed by atoms with Crippen molar-refractivity contribution >= 4 is 59.1 Å². The summed E-state index contributed by atoms with van der Waals surface area (Å²) < 4.78 is 150. The molecule has 1 radical (unpaired) electrons. The van der Waals surface area contributed by atoms with Crippen LogP contribution in [0, 0.1) is 20.8 Å². The van der Waals surface area contributed by atoms with Gasteiger partial charge in [-0.1, -0.05) is 23.7 Å². The quantitative estimate of drug-likeness (QED) is 0.0903. The first-order valence-electron chi connectivity index (χ1n) is 25.6. The van der Waals surface area contributed by atoms with Crippen LogP contribution < -0.4 is 4.65 Å². The topological polar surface area (TPSA) is 187 Å². The fraction of sp³-hybridized carbons (Fsp3) is 0.382. The molecule has 1 N–H and O–H groups in total. The summed E-state index contributed by atoms with van der Waals surface area (Å²) in [7, 11) is -3.13. The first-order chi connectivity index (χ1) is 38.9. The van der Waals surface area contributed by atoms with E-state index in [0.29, 0.717) is 77.4 Å². The smallest absolute Gasteiger partial charge is 0.537 e. The van der Waals surface area contributed by atoms with E-state index in [2.05, 4.69) is 39.5 Å². The predicted molar refractivity (Wildman–Crippen MR) is 299 cm³/mol. The minimum absolute atomic E-state index is 0. The number of carbonyl (C=O) groups is 1. The number of ether oxygens (including phenoxy) is 1. The van der Waals surface area contributed by atoms with Crippen molar-refractivity contribution in [3.63, 3.8) is 0 Å². The number of benzene rings is 3. The molecule has 29 heteroatoms. The van der Waals surface area contributed by atoms with E-state index in [4.69, 9.17) is 21.4 Å². The number of hydrogen-bond donors (Lipinski definition) is 1. The zero-order valence-corrected chi connectivity index (χ0v) is 49.2. The molecule has 3 aromatic carbocycles. The van der Waals surface area contributed by atoms with E-state index in [1.807, 2.05) is 20.8 Å². The SMILES string of the molecule is CC(C)(C)OC(=O)N1CCc2c(Cl)ncnc2C1.Cc1cc(C(F)(F)F)ccc1-c1ncnc2c1CCCC2.Cc1cc(C(F)(F)F)ccc1-c1ncnc2c1CCN(S(=O)(=O)Cc1nccs1)C2.Cc1cc(C(F)(F)F)ccc1O[B]O.Cl. The van der Waals surface area contributed by atoms with E-state index in [0.717, 1.165) is 101 Å². The summed E-state index contributed by atoms with van der Waals surface area (Å²) in [6, 6.07) is 10.4. The summed E-state index contributed by atoms with van der Waals surface area (Å²) in [6.45, 7) is 11.7. The Bertz CT molecular complexity index is 3540. The van der Waals surface area contributed by atoms with Gasteiger partial charge in [0.25, 0.3) is 0 Å². The maximum absolute atomic E-state index is 13.0. The lowest BCUT2D eigenvalue weighted by Gasteiger charge is -2.30. The van der Waals surface area contributed by atoms with Crippen LogP contribution in [0.2, 0.25) is 5.15 Å². The van der Waals surface area contributed by atoms with Gasteiger partial charge in [-0.2, -0.15) is 43.8 Å². The van der Waals surface area contributed by atoms with E-state index in [9.17, 15) is 52.7 Å². The van der Waals surface area contributed by atoms with Crippen LogP contribution in [-0.2, 0) is 77.8 Å². The molecular weight excluding hydrogens is 1200 g/mol. The Morgan fingerprint density at radius 3 is 1.67 bits per heavy atom. The largest absolute Gasteiger partial charge is 0.569 e. The fourth-order valence-electron chi connectivity index (χ4n) is 9.15. The van der Waals surface area contributed by atoms with Crippen LogP contribution in [-0.4, -0.2) is 90.0 Å². The molecular formula is C55H56BCl2F9N9O6S2. The summed E-state index contributed by atoms with van der Waals surface area (Å²) >= 11 is 7.27. The van der Waals surface area contributed by atoms with Gasteiger partial charge in [0.1, 0.15) is 46.2 Å². The number of amides is 1. The number of halogens is 11. The summed E-state index contributed by atoms with van der Waals surface area (Å²) in [4.78, 5) is 42.9. The third-order valence-corrected chi connectivity index (χ3v) is 16.2. The van der Waals surface area contributed by atoms with Crippen molar-refractivity contribution < 1.29 is 67.1 Å². The van der Waals surface area contributed by atoms with Gasteiger partial charge in [-0.15, -0.1) is 23.7 Å². The van der Waals surface area contributed by atoms with Crippen LogP contribution in [0.15, 0.2) is 85.2 Å². The van der Waals surface area contributed by atoms with Crippen molar-refractivity contribution in [1.29, 1.82) is 0 Å². The first-order valence-corrected chi connectivity index (χ1v) is 28.4. The van der Waals surface area contributed by atoms with Gasteiger partial charge in [0.2, 0.25) is 10.0 Å². The lowest BCUT2D eigenvalue weighted by molar-refractivity contribution is -0.138. The highest BCUT2D eigenvalue weighted by atomic mass is 35.5. The number of carbonyl (C=O) groups excluding carboxylic acids is 1. The number of thiazole rings is 1. The van der Waals surface area contributed by atoms with E-state index in [-0.39, 0.29) is 43.1 Å². The molecule has 2 aliphatic heterocycles. The van der Waals surface area contributed by atoms with Gasteiger partial charge in [-0.3, -0.25) is 0 Å². The second-order valence-corrected chi connectivity index (χ2v) is 23.6. The highest BCUT2D eigenvalue weighted by Crippen LogP contribution is 2.38. The second-order valence-electron chi connectivity index (χ2n) is 20.3. The Morgan fingerprint density at radius 1 is 0.655 bits per heavy atom. The molecule has 15 nitrogen and oxygen atoms in total. The molecule has 4 aromatic heterocycles. The summed E-state index contributed by atoms with van der Waals surface area (Å²) in [6.07, 6.45) is -2.55. The molecule has 0 saturated heterocycles. The highest BCUT2D eigenvalue weighted by molar-refractivity contribution is 7.88. The van der Waals surface area contributed by atoms with Crippen molar-refractivity contribution in [3.8, 4) is 28.3 Å². The van der Waals surface area contributed by atoms with Crippen LogP contribution in [0.5, 0.6) is 5.75 Å². The molecule has 0 spiro atoms. The normalized spacial score (nSPS) is 14.3. The lowest BCUT2D eigenvalue weighted by atomic mass is 9.90. The van der Waals surface area contributed by atoms with Gasteiger partial charge < -0.3 is 19.3 Å². The molecule has 3 aliphatic rings. The van der Waals surface area contributed by atoms with E-state index < -0.39 is 50.8 Å². The third kappa shape index (κ3) is 17.3. The zero-order chi connectivity index (χ0) is 60.7. The Hall–Kier alpha value is -6.52. The maximum Gasteiger partial charge on any atom is 0.569 e. The zero-order valence-electron chi connectivity index (χ0n) is 46.0. The van der Waals surface area contributed by atoms with Gasteiger partial charge in [0, 0.05) is 52.6 Å². The molecule has 0 saturated carbocycles. The maximum atomic E-state index is 13.0. The molecule has 449 valence electrons. The van der Waals surface area contributed by atoms with Crippen LogP contribution >= 0.6 is 35.3 Å². The third-order valence-electron chi connectivity index (χ3n) is 13.2. The van der Waals surface area contributed by atoms with E-state index >= 15 is 0 Å². The molecule has 0 fully saturated rings. The van der Waals surface area contributed by atoms with Crippen molar-refractivity contribution in [3.05, 3.63) is 162 Å². The molecule has 10 rings (SSSR count). The Balaban J connectivity index is 0.000000186. The summed E-state index contributed by atoms with van der Waals surface area (Å²) in [5.74, 6) is 0.0242. The molecule has 0 unspecified atom stereocenters. The number of alkyl halides is 9. The molecule has 0 atom stereocenters. The van der Waals surface area contributed by atoms with Gasteiger partial charge >= 0.3 is 32.3 Å². The van der Waals surface area contributed by atoms with Crippen molar-refractivity contribution in [2.75, 3.05) is 13.1 Å². The molecule has 84 heavy (non-hydrogen) atoms. The van der Waals surface area contributed by atoms with Gasteiger partial charge in [-0.05, 0) is 145 Å². The highest BCUT2D eigenvalue weighted by Gasteiger charge is 2.35. The molecule has 0 bridgehead atoms. The van der Waals surface area contributed by atoms with Gasteiger partial charge in [0.15, 0.2) is 0 Å². The molecule has 1 aliphatic carbocycles. The van der Waals surface area contributed by atoms with Crippen LogP contribution in [0.1, 0.15) is 106 Å². The van der Waals surface area contributed by atoms with Crippen LogP contribution in [0.3, 0.4) is 0 Å². The number of nitrogens with zero attached hydrogens (tertiary/aromatic N) is 9. The minimum atomic E-state index is -4.42. The first kappa shape index (κ1) is 66.6. The number of fused-ring (bicyclic) bond motifs is 3. The summed E-state index contributed by atoms with van der Waals surface area (Å²) in [5.41, 5.74) is 6.65. The minimum Gasteiger partial charge on any atom is -0.537 e. The van der Waals surface area contributed by atoms with Crippen molar-refractivity contribution in [2.24, 2.45) is 0 Å². The van der Waals surface area contributed by atoms with Gasteiger partial charge in [0.05, 0.1) is 52.6 Å². The van der Waals surface area contributed by atoms with Crippen LogP contribution in [0.25, 0.3) is 22.5 Å². The Morgan fingerprint density at radius 2 is 1.15 bits per heavy atom. The summed E-state index contributed by atoms with van der Waals surface area (Å²) in [5, 5.41) is 11.0. The Kier molecular flexibility index (Phi) is 22.0. The van der Waals surface area contributed by atoms with Crippen LogP contribution in [0.4, 0.5) is 44.3 Å². The fourth-order valence-corrected chi connectivity index (χ4v) is 11.8. The number of sulfonamides is 1. The standard InChI is InChI=1S/C19H17F3N4O2S2.C16H15F3N2.C12H16ClN3O2.C8H7BF3O2.ClH/c1-12-8-13(19(20,21)22)2-3-14(12)18-15-4-6-26(9-16(15)24-11-25-18)30(27,28)10-17-23-5-7-29-17;1-10-8-11(16(17,18)19)6-7-12(10)15-13-4-2-3-5-14(13)20-9-21-15;1-12(2,3)18-11(17)16-5-4-8-9(6-16)14-7-15-10(8)13;1-5-4-6(8(10,11)12)2-3-7(5)14-9-13;/h2-3,5,7-8,11H,4,6,9-10H2,1H3;6-9H,2-5H2,1H3;7H,4-6H2,1-3H3;2-4,13H,1H3;1H. The van der Waals surface area contributed by atoms with Crippen molar-refractivity contribution in [1.82, 2.24) is 44.1 Å². The number of rotatable bonds is 7. The predicted octanol–water partition coefficient (Wildman–Crippen LogP) is 12.9. The Labute approximate surface area is 494 Å². The van der Waals surface area contributed by atoms with Crippen molar-refractivity contribution in [2.45, 2.75) is 123 Å². The second kappa shape index (κ2) is 27.7. The average Bonchev–Trinajstić information content (AvgIpc) is 3.15. The molecule has 1 amide bonds. The lowest BCUT2D eigenvalue weighted by Crippen LogP contribution is -2.40. The monoisotopic (exact) mass is 1250 g/mol. The molecule has 7 aromatic rings. The number of aryl methyl sites for hydroxylation is 4. The van der Waals surface area contributed by atoms with E-state index in [1.54, 1.807) is 30.3 Å². The van der Waals surface area contributed by atoms with Gasteiger partial charge in [-0.25, -0.2) is 48.1 Å². The number of hydrogen-bond acceptors (Lipinski definition) is 14. The van der Waals surface area contributed by atoms with E-state index in [1.165, 1.54) is 59.7 Å². The average molecular weight is 1260 g/mol.